The second-order valence-corrected chi connectivity index (χ2v) is 10.9. The number of carbonyl (C=O) groups is 2. The van der Waals surface area contributed by atoms with Crippen molar-refractivity contribution in [2.24, 2.45) is 7.05 Å². The van der Waals surface area contributed by atoms with Crippen LogP contribution in [0.5, 0.6) is 0 Å². The smallest absolute Gasteiger partial charge is 0.379 e. The predicted molar refractivity (Wildman–Crippen MR) is 166 cm³/mol. The number of amides is 3. The van der Waals surface area contributed by atoms with Crippen LogP contribution >= 0.6 is 0 Å². The number of morpholine rings is 1. The summed E-state index contributed by atoms with van der Waals surface area (Å²) in [6.45, 7) is 7.19. The van der Waals surface area contributed by atoms with Gasteiger partial charge in [-0.1, -0.05) is 6.07 Å². The molecular weight excluding hydrogens is 589 g/mol. The van der Waals surface area contributed by atoms with E-state index in [0.29, 0.717) is 49.0 Å². The zero-order chi connectivity index (χ0) is 32.3. The number of aromatic nitrogens is 2. The van der Waals surface area contributed by atoms with E-state index in [1.165, 1.54) is 4.57 Å². The van der Waals surface area contributed by atoms with Crippen LogP contribution in [0.2, 0.25) is 0 Å². The lowest BCUT2D eigenvalue weighted by Gasteiger charge is -2.26. The summed E-state index contributed by atoms with van der Waals surface area (Å²) in [5.74, 6) is -0.870. The van der Waals surface area contributed by atoms with Gasteiger partial charge in [-0.2, -0.15) is 13.2 Å². The van der Waals surface area contributed by atoms with E-state index < -0.39 is 23.7 Å². The molecule has 0 radical (unpaired) electrons. The summed E-state index contributed by atoms with van der Waals surface area (Å²) in [7, 11) is 1.66. The summed E-state index contributed by atoms with van der Waals surface area (Å²) in [6, 6.07) is 10.3. The largest absolute Gasteiger partial charge is 0.416 e. The fraction of sp³-hybridized carbons (Fsp3) is 0.312. The molecule has 1 fully saturated rings. The van der Waals surface area contributed by atoms with Crippen molar-refractivity contribution in [2.75, 3.05) is 50.0 Å². The Kier molecular flexibility index (Phi) is 9.21. The number of urea groups is 1. The lowest BCUT2D eigenvalue weighted by Crippen LogP contribution is -2.42. The first-order valence-electron chi connectivity index (χ1n) is 14.4. The molecule has 2 aromatic heterocycles. The minimum Gasteiger partial charge on any atom is -0.379 e. The number of nitrogens with one attached hydrogen (secondary N) is 3. The van der Waals surface area contributed by atoms with Crippen molar-refractivity contribution < 1.29 is 27.5 Å². The highest BCUT2D eigenvalue weighted by Gasteiger charge is 2.32. The monoisotopic (exact) mass is 622 g/mol. The van der Waals surface area contributed by atoms with Gasteiger partial charge >= 0.3 is 12.2 Å². The van der Waals surface area contributed by atoms with Crippen molar-refractivity contribution in [1.82, 2.24) is 19.8 Å². The zero-order valence-corrected chi connectivity index (χ0v) is 25.0. The number of hydrogen-bond donors (Lipinski definition) is 3. The Labute approximate surface area is 257 Å². The molecule has 4 aromatic rings. The van der Waals surface area contributed by atoms with Gasteiger partial charge in [0.15, 0.2) is 0 Å². The topological polar surface area (TPSA) is 118 Å². The molecule has 5 rings (SSSR count). The summed E-state index contributed by atoms with van der Waals surface area (Å²) in [4.78, 5) is 45.8. The minimum absolute atomic E-state index is 0.0945. The number of alkyl halides is 3. The number of hydrogen-bond acceptors (Lipinski definition) is 6. The average molecular weight is 623 g/mol. The van der Waals surface area contributed by atoms with E-state index in [4.69, 9.17) is 4.74 Å². The van der Waals surface area contributed by atoms with Crippen LogP contribution in [0.15, 0.2) is 59.5 Å². The first-order valence-corrected chi connectivity index (χ1v) is 14.4. The number of aryl methyl sites for hydroxylation is 3. The number of benzene rings is 2. The number of pyridine rings is 2. The molecule has 1 aliphatic rings. The van der Waals surface area contributed by atoms with Crippen LogP contribution in [-0.4, -0.2) is 65.8 Å². The average Bonchev–Trinajstić information content (AvgIpc) is 3.00. The highest BCUT2D eigenvalue weighted by molar-refractivity contribution is 6.10. The summed E-state index contributed by atoms with van der Waals surface area (Å²) in [5, 5.41) is 8.56. The summed E-state index contributed by atoms with van der Waals surface area (Å²) in [6.07, 6.45) is -3.04. The molecule has 236 valence electrons. The fourth-order valence-corrected chi connectivity index (χ4v) is 5.18. The Morgan fingerprint density at radius 3 is 2.47 bits per heavy atom. The molecule has 2 aromatic carbocycles. The van der Waals surface area contributed by atoms with E-state index in [1.54, 1.807) is 37.5 Å². The van der Waals surface area contributed by atoms with E-state index in [-0.39, 0.29) is 22.5 Å². The summed E-state index contributed by atoms with van der Waals surface area (Å²) < 4.78 is 47.6. The molecule has 45 heavy (non-hydrogen) atoms. The van der Waals surface area contributed by atoms with Gasteiger partial charge in [0.1, 0.15) is 0 Å². The number of anilines is 2. The van der Waals surface area contributed by atoms with Gasteiger partial charge in [0.25, 0.3) is 11.5 Å². The molecule has 1 aliphatic heterocycles. The fourth-order valence-electron chi connectivity index (χ4n) is 5.18. The lowest BCUT2D eigenvalue weighted by molar-refractivity contribution is -0.137. The summed E-state index contributed by atoms with van der Waals surface area (Å²) in [5.41, 5.74) is 1.62. The van der Waals surface area contributed by atoms with Crippen LogP contribution in [0, 0.1) is 13.8 Å². The van der Waals surface area contributed by atoms with E-state index in [2.05, 4.69) is 25.8 Å². The Bertz CT molecular complexity index is 1820. The molecule has 10 nitrogen and oxygen atoms in total. The van der Waals surface area contributed by atoms with Crippen LogP contribution in [-0.2, 0) is 18.0 Å². The van der Waals surface area contributed by atoms with Gasteiger partial charge < -0.3 is 25.3 Å². The van der Waals surface area contributed by atoms with Crippen molar-refractivity contribution in [3.8, 4) is 11.1 Å². The SMILES string of the molecule is Cc1cc2c(cn1)cc(-c1cc(NC(=O)c3cc(C(F)(F)F)ccc3NC(=O)NCCN3CCOCC3)ccc1C)c(=O)n2C. The van der Waals surface area contributed by atoms with Crippen molar-refractivity contribution in [1.29, 1.82) is 0 Å². The maximum Gasteiger partial charge on any atom is 0.416 e. The number of nitrogens with zero attached hydrogens (tertiary/aromatic N) is 3. The molecule has 1 saturated heterocycles. The molecule has 0 unspecified atom stereocenters. The Balaban J connectivity index is 1.40. The van der Waals surface area contributed by atoms with Crippen LogP contribution < -0.4 is 21.5 Å². The lowest BCUT2D eigenvalue weighted by atomic mass is 9.99. The summed E-state index contributed by atoms with van der Waals surface area (Å²) >= 11 is 0. The normalized spacial score (nSPS) is 13.9. The molecule has 13 heteroatoms. The van der Waals surface area contributed by atoms with Gasteiger partial charge in [-0.15, -0.1) is 0 Å². The Morgan fingerprint density at radius 1 is 0.978 bits per heavy atom. The molecule has 0 saturated carbocycles. The second-order valence-electron chi connectivity index (χ2n) is 10.9. The van der Waals surface area contributed by atoms with Crippen molar-refractivity contribution in [3.63, 3.8) is 0 Å². The zero-order valence-electron chi connectivity index (χ0n) is 25.0. The van der Waals surface area contributed by atoms with Gasteiger partial charge in [-0.25, -0.2) is 4.79 Å². The van der Waals surface area contributed by atoms with E-state index >= 15 is 0 Å². The first-order chi connectivity index (χ1) is 21.4. The van der Waals surface area contributed by atoms with Gasteiger partial charge in [-0.3, -0.25) is 19.5 Å². The highest BCUT2D eigenvalue weighted by Crippen LogP contribution is 2.33. The Hall–Kier alpha value is -4.75. The maximum absolute atomic E-state index is 13.6. The second kappa shape index (κ2) is 13.1. The van der Waals surface area contributed by atoms with Crippen LogP contribution in [0.25, 0.3) is 22.0 Å². The van der Waals surface area contributed by atoms with Crippen LogP contribution in [0.4, 0.5) is 29.3 Å². The third kappa shape index (κ3) is 7.32. The Morgan fingerprint density at radius 2 is 1.73 bits per heavy atom. The molecule has 3 amide bonds. The molecule has 3 heterocycles. The standard InChI is InChI=1S/C32H33F3N6O4/c1-19-4-6-23(17-24(19)25-15-21-18-37-20(2)14-28(21)40(3)30(25)43)38-29(42)26-16-22(32(33,34)35)5-7-27(26)39-31(44)36-8-9-41-10-12-45-13-11-41/h4-7,14-18H,8-13H2,1-3H3,(H,38,42)(H2,36,39,44). The van der Waals surface area contributed by atoms with E-state index in [9.17, 15) is 27.6 Å². The van der Waals surface area contributed by atoms with E-state index in [0.717, 1.165) is 41.9 Å². The third-order valence-electron chi connectivity index (χ3n) is 7.69. The maximum atomic E-state index is 13.6. The van der Waals surface area contributed by atoms with Gasteiger partial charge in [0.2, 0.25) is 0 Å². The molecule has 3 N–H and O–H groups in total. The number of fused-ring (bicyclic) bond motifs is 1. The number of halogens is 3. The molecular formula is C32H33F3N6O4. The van der Waals surface area contributed by atoms with Crippen molar-refractivity contribution in [3.05, 3.63) is 87.5 Å². The van der Waals surface area contributed by atoms with Gasteiger partial charge in [0.05, 0.1) is 35.5 Å². The number of ether oxygens (including phenoxy) is 1. The van der Waals surface area contributed by atoms with Gasteiger partial charge in [0, 0.05) is 61.8 Å². The third-order valence-corrected chi connectivity index (χ3v) is 7.69. The van der Waals surface area contributed by atoms with E-state index in [1.807, 2.05) is 19.9 Å². The minimum atomic E-state index is -4.71. The molecule has 0 atom stereocenters. The molecule has 0 aliphatic carbocycles. The van der Waals surface area contributed by atoms with Crippen LogP contribution in [0.1, 0.15) is 27.2 Å². The van der Waals surface area contributed by atoms with Crippen molar-refractivity contribution >= 4 is 34.2 Å². The number of carbonyl (C=O) groups excluding carboxylic acids is 2. The molecule has 0 spiro atoms. The first kappa shape index (κ1) is 31.7. The van der Waals surface area contributed by atoms with Crippen molar-refractivity contribution in [2.45, 2.75) is 20.0 Å². The highest BCUT2D eigenvalue weighted by atomic mass is 19.4. The van der Waals surface area contributed by atoms with Gasteiger partial charge in [-0.05, 0) is 67.4 Å². The quantitative estimate of drug-likeness (QED) is 0.269. The predicted octanol–water partition coefficient (Wildman–Crippen LogP) is 4.94. The number of rotatable bonds is 7. The van der Waals surface area contributed by atoms with Crippen LogP contribution in [0.3, 0.4) is 0 Å². The molecule has 0 bridgehead atoms.